The van der Waals surface area contributed by atoms with E-state index in [1.54, 1.807) is 0 Å². The molecule has 0 fully saturated rings. The Morgan fingerprint density at radius 2 is 1.34 bits per heavy atom. The predicted molar refractivity (Wildman–Crippen MR) is 142 cm³/mol. The second-order valence-electron chi connectivity index (χ2n) is 8.44. The fourth-order valence-electron chi connectivity index (χ4n) is 3.95. The van der Waals surface area contributed by atoms with Crippen molar-refractivity contribution in [2.75, 3.05) is 0 Å². The number of benzene rings is 2. The molecule has 0 bridgehead atoms. The second kappa shape index (κ2) is 16.1. The van der Waals surface area contributed by atoms with Gasteiger partial charge in [-0.25, -0.2) is 4.98 Å². The van der Waals surface area contributed by atoms with Gasteiger partial charge in [0.15, 0.2) is 0 Å². The van der Waals surface area contributed by atoms with E-state index in [-0.39, 0.29) is 0 Å². The van der Waals surface area contributed by atoms with Crippen LogP contribution in [-0.4, -0.2) is 16.3 Å². The molecule has 0 aliphatic carbocycles. The summed E-state index contributed by atoms with van der Waals surface area (Å²) in [6.07, 6.45) is 15.9. The van der Waals surface area contributed by atoms with Crippen LogP contribution >= 0.6 is 0 Å². The lowest BCUT2D eigenvalue weighted by Crippen LogP contribution is -2.40. The molecule has 1 heterocycles. The minimum atomic E-state index is 0.299. The van der Waals surface area contributed by atoms with E-state index < -0.39 is 0 Å². The van der Waals surface area contributed by atoms with Gasteiger partial charge in [-0.3, -0.25) is 0 Å². The van der Waals surface area contributed by atoms with Crippen molar-refractivity contribution in [3.05, 3.63) is 91.4 Å². The molecule has 2 aromatic carbocycles. The molecule has 0 aliphatic rings. The Morgan fingerprint density at radius 3 is 1.91 bits per heavy atom. The average Bonchev–Trinajstić information content (AvgIpc) is 3.29. The van der Waals surface area contributed by atoms with Gasteiger partial charge in [-0.2, -0.15) is 0 Å². The number of aromatic nitrogens is 2. The van der Waals surface area contributed by atoms with E-state index in [0.29, 0.717) is 6.71 Å². The third kappa shape index (κ3) is 9.30. The quantitative estimate of drug-likeness (QED) is 0.221. The summed E-state index contributed by atoms with van der Waals surface area (Å²) in [4.78, 5) is 4.44. The van der Waals surface area contributed by atoms with E-state index >= 15 is 0 Å². The predicted octanol–water partition coefficient (Wildman–Crippen LogP) is 6.61. The zero-order valence-corrected chi connectivity index (χ0v) is 20.3. The summed E-state index contributed by atoms with van der Waals surface area (Å²) >= 11 is 0. The molecule has 1 aromatic heterocycles. The lowest BCUT2D eigenvalue weighted by Gasteiger charge is -2.09. The van der Waals surface area contributed by atoms with Crippen molar-refractivity contribution in [1.82, 2.24) is 9.55 Å². The zero-order valence-electron chi connectivity index (χ0n) is 20.3. The fraction of sp³-hybridized carbons (Fsp3) is 0.414. The summed E-state index contributed by atoms with van der Waals surface area (Å²) in [5.41, 5.74) is 2.58. The second-order valence-corrected chi connectivity index (χ2v) is 8.44. The van der Waals surface area contributed by atoms with Crippen LogP contribution < -0.4 is 10.9 Å². The van der Waals surface area contributed by atoms with Crippen LogP contribution in [0.25, 0.3) is 0 Å². The van der Waals surface area contributed by atoms with Crippen molar-refractivity contribution in [3.8, 4) is 0 Å². The molecule has 3 heteroatoms. The molecule has 0 amide bonds. The molecule has 0 atom stereocenters. The van der Waals surface area contributed by atoms with Gasteiger partial charge in [-0.1, -0.05) is 124 Å². The van der Waals surface area contributed by atoms with Gasteiger partial charge in [0.05, 0.1) is 0 Å². The van der Waals surface area contributed by atoms with Crippen molar-refractivity contribution in [3.63, 3.8) is 0 Å². The number of nitrogens with zero attached hydrogens (tertiary/aromatic N) is 2. The maximum atomic E-state index is 4.44. The number of aryl methyl sites for hydroxylation is 2. The Kier molecular flexibility index (Phi) is 13.0. The van der Waals surface area contributed by atoms with Crippen molar-refractivity contribution >= 4 is 17.6 Å². The first-order valence-corrected chi connectivity index (χ1v) is 12.5. The Bertz CT molecular complexity index is 802. The normalized spacial score (nSPS) is 10.3. The van der Waals surface area contributed by atoms with Crippen molar-refractivity contribution < 1.29 is 0 Å². The highest BCUT2D eigenvalue weighted by atomic mass is 15.1. The highest BCUT2D eigenvalue weighted by Gasteiger charge is 2.13. The van der Waals surface area contributed by atoms with E-state index in [2.05, 4.69) is 84.7 Å². The Balaban J connectivity index is 0.000000228. The van der Waals surface area contributed by atoms with Crippen LogP contribution in [0.2, 0.25) is 0 Å². The summed E-state index contributed by atoms with van der Waals surface area (Å²) in [6.45, 7) is 9.88. The first-order valence-electron chi connectivity index (χ1n) is 12.5. The SMILES string of the molecule is C=CB(c1ccccc1)c1ccccc1.CCCCCCCCn1ccnc1CCCC. The molecule has 0 aliphatic heterocycles. The third-order valence-electron chi connectivity index (χ3n) is 5.86. The van der Waals surface area contributed by atoms with Crippen LogP contribution in [0, 0.1) is 0 Å². The lowest BCUT2D eigenvalue weighted by atomic mass is 9.41. The minimum absolute atomic E-state index is 0.299. The van der Waals surface area contributed by atoms with Crippen LogP contribution in [0.3, 0.4) is 0 Å². The monoisotopic (exact) mass is 428 g/mol. The standard InChI is InChI=1S/C15H28N2.C14H13B/c1-3-5-7-8-9-10-13-17-14-12-16-15(17)11-6-4-2;1-2-15(13-9-5-3-6-10-13)14-11-7-4-8-12-14/h12,14H,3-11,13H2,1-2H3;2-12H,1H2. The van der Waals surface area contributed by atoms with Crippen LogP contribution in [0.5, 0.6) is 0 Å². The maximum Gasteiger partial charge on any atom is 0.233 e. The number of unbranched alkanes of at least 4 members (excludes halogenated alkanes) is 6. The molecular formula is C29H41BN2. The van der Waals surface area contributed by atoms with Crippen LogP contribution in [0.4, 0.5) is 0 Å². The van der Waals surface area contributed by atoms with Gasteiger partial charge < -0.3 is 4.57 Å². The summed E-state index contributed by atoms with van der Waals surface area (Å²) in [6, 6.07) is 20.9. The Labute approximate surface area is 196 Å². The summed E-state index contributed by atoms with van der Waals surface area (Å²) in [5.74, 6) is 3.27. The minimum Gasteiger partial charge on any atom is -0.335 e. The largest absolute Gasteiger partial charge is 0.335 e. The molecule has 3 rings (SSSR count). The van der Waals surface area contributed by atoms with Crippen LogP contribution in [0.15, 0.2) is 85.6 Å². The molecule has 0 saturated heterocycles. The zero-order chi connectivity index (χ0) is 22.9. The van der Waals surface area contributed by atoms with E-state index in [1.807, 2.05) is 24.3 Å². The van der Waals surface area contributed by atoms with E-state index in [1.165, 1.54) is 68.1 Å². The van der Waals surface area contributed by atoms with Gasteiger partial charge in [0.2, 0.25) is 6.71 Å². The fourth-order valence-corrected chi connectivity index (χ4v) is 3.95. The summed E-state index contributed by atoms with van der Waals surface area (Å²) in [5, 5.41) is 0. The van der Waals surface area contributed by atoms with Gasteiger partial charge >= 0.3 is 0 Å². The molecule has 0 saturated carbocycles. The van der Waals surface area contributed by atoms with E-state index in [4.69, 9.17) is 0 Å². The van der Waals surface area contributed by atoms with E-state index in [9.17, 15) is 0 Å². The lowest BCUT2D eigenvalue weighted by molar-refractivity contribution is 0.542. The molecular weight excluding hydrogens is 387 g/mol. The number of hydrogen-bond acceptors (Lipinski definition) is 1. The summed E-state index contributed by atoms with van der Waals surface area (Å²) in [7, 11) is 0. The number of imidazole rings is 1. The summed E-state index contributed by atoms with van der Waals surface area (Å²) < 4.78 is 2.34. The highest BCUT2D eigenvalue weighted by Crippen LogP contribution is 2.09. The molecule has 3 aromatic rings. The first-order chi connectivity index (χ1) is 15.8. The van der Waals surface area contributed by atoms with Crippen LogP contribution in [0.1, 0.15) is 71.0 Å². The van der Waals surface area contributed by atoms with Gasteiger partial charge in [-0.15, -0.1) is 12.6 Å². The van der Waals surface area contributed by atoms with Crippen LogP contribution in [-0.2, 0) is 13.0 Å². The topological polar surface area (TPSA) is 17.8 Å². The van der Waals surface area contributed by atoms with Gasteiger partial charge in [0, 0.05) is 25.4 Å². The van der Waals surface area contributed by atoms with E-state index in [0.717, 1.165) is 13.0 Å². The van der Waals surface area contributed by atoms with Gasteiger partial charge in [0.25, 0.3) is 0 Å². The van der Waals surface area contributed by atoms with Crippen molar-refractivity contribution in [2.45, 2.75) is 78.2 Å². The number of hydrogen-bond donors (Lipinski definition) is 0. The van der Waals surface area contributed by atoms with Crippen molar-refractivity contribution in [2.24, 2.45) is 0 Å². The molecule has 0 N–H and O–H groups in total. The highest BCUT2D eigenvalue weighted by molar-refractivity contribution is 6.89. The van der Waals surface area contributed by atoms with Crippen molar-refractivity contribution in [1.29, 1.82) is 0 Å². The van der Waals surface area contributed by atoms with Gasteiger partial charge in [-0.05, 0) is 12.8 Å². The molecule has 0 radical (unpaired) electrons. The maximum absolute atomic E-state index is 4.44. The average molecular weight is 428 g/mol. The molecule has 2 nitrogen and oxygen atoms in total. The first kappa shape index (κ1) is 25.7. The molecule has 0 unspecified atom stereocenters. The third-order valence-corrected chi connectivity index (χ3v) is 5.86. The smallest absolute Gasteiger partial charge is 0.233 e. The number of rotatable bonds is 13. The Morgan fingerprint density at radius 1 is 0.781 bits per heavy atom. The molecule has 32 heavy (non-hydrogen) atoms. The van der Waals surface area contributed by atoms with Gasteiger partial charge in [0.1, 0.15) is 5.82 Å². The molecule has 0 spiro atoms. The molecule has 170 valence electrons. The Hall–Kier alpha value is -2.55.